The third-order valence-electron chi connectivity index (χ3n) is 5.92. The number of pyridine rings is 1. The largest absolute Gasteiger partial charge is 0.512 e. The van der Waals surface area contributed by atoms with Gasteiger partial charge in [0.15, 0.2) is 5.78 Å². The molecule has 0 saturated carbocycles. The van der Waals surface area contributed by atoms with Crippen molar-refractivity contribution >= 4 is 16.6 Å². The minimum absolute atomic E-state index is 0. The standard InChI is InChI=1S/C21H22N.C12H22O2.Ir/c1-14(2)9-17-5-6-20-18(13-17)7-8-22-21(20)19-11-15(3)10-16(4)12-19;1-8(2)6-11(13)10(5)12(14)7-9(3)4;/h5-8,10-11,13-14H,9H2,1-4H3;8-9,13H,6-7H2,1-5H3;/q-1;;/b;11-10-;. The fourth-order valence-electron chi connectivity index (χ4n) is 4.29. The number of aliphatic hydroxyl groups excluding tert-OH is 1. The molecule has 37 heavy (non-hydrogen) atoms. The van der Waals surface area contributed by atoms with E-state index in [0.29, 0.717) is 36.2 Å². The Morgan fingerprint density at radius 1 is 0.919 bits per heavy atom. The molecule has 0 saturated heterocycles. The summed E-state index contributed by atoms with van der Waals surface area (Å²) in [5.41, 5.74) is 6.45. The first kappa shape index (κ1) is 32.7. The summed E-state index contributed by atoms with van der Waals surface area (Å²) >= 11 is 0. The van der Waals surface area contributed by atoms with Crippen molar-refractivity contribution in [3.8, 4) is 11.3 Å². The molecule has 2 aromatic carbocycles. The fourth-order valence-corrected chi connectivity index (χ4v) is 4.29. The second-order valence-electron chi connectivity index (χ2n) is 11.3. The minimum atomic E-state index is 0. The molecule has 0 unspecified atom stereocenters. The number of ketones is 1. The van der Waals surface area contributed by atoms with E-state index >= 15 is 0 Å². The fraction of sp³-hybridized carbons (Fsp3) is 0.455. The Morgan fingerprint density at radius 2 is 1.57 bits per heavy atom. The van der Waals surface area contributed by atoms with Gasteiger partial charge in [0.25, 0.3) is 0 Å². The van der Waals surface area contributed by atoms with Crippen molar-refractivity contribution in [2.45, 2.75) is 81.6 Å². The molecule has 3 rings (SSSR count). The van der Waals surface area contributed by atoms with Crippen LogP contribution in [0.2, 0.25) is 0 Å². The number of aliphatic hydroxyl groups is 1. The number of carbonyl (C=O) groups is 1. The Balaban J connectivity index is 0.000000401. The molecule has 0 bridgehead atoms. The number of nitrogens with zero attached hydrogens (tertiary/aromatic N) is 1. The summed E-state index contributed by atoms with van der Waals surface area (Å²) in [7, 11) is 0. The summed E-state index contributed by atoms with van der Waals surface area (Å²) in [6, 6.07) is 16.6. The SMILES string of the molecule is C/C(C(=O)CC(C)C)=C(/O)CC(C)C.Cc1[c-]c(-c2nccc3cc(CC(C)C)ccc23)cc(C)c1.[Ir]. The van der Waals surface area contributed by atoms with E-state index in [-0.39, 0.29) is 31.6 Å². The van der Waals surface area contributed by atoms with Crippen molar-refractivity contribution in [2.75, 3.05) is 0 Å². The maximum atomic E-state index is 11.6. The Labute approximate surface area is 238 Å². The summed E-state index contributed by atoms with van der Waals surface area (Å²) in [5, 5.41) is 12.1. The van der Waals surface area contributed by atoms with Crippen LogP contribution in [0.25, 0.3) is 22.0 Å². The van der Waals surface area contributed by atoms with Crippen molar-refractivity contribution in [1.29, 1.82) is 0 Å². The second-order valence-corrected chi connectivity index (χ2v) is 11.3. The Morgan fingerprint density at radius 3 is 2.14 bits per heavy atom. The van der Waals surface area contributed by atoms with Crippen molar-refractivity contribution in [3.63, 3.8) is 0 Å². The predicted octanol–water partition coefficient (Wildman–Crippen LogP) is 8.99. The maximum Gasteiger partial charge on any atom is 0.162 e. The third-order valence-corrected chi connectivity index (χ3v) is 5.92. The summed E-state index contributed by atoms with van der Waals surface area (Å²) in [4.78, 5) is 16.2. The zero-order chi connectivity index (χ0) is 27.0. The molecule has 1 N–H and O–H groups in total. The first-order chi connectivity index (χ1) is 16.9. The molecule has 0 spiro atoms. The summed E-state index contributed by atoms with van der Waals surface area (Å²) in [6.07, 6.45) is 4.13. The number of fused-ring (bicyclic) bond motifs is 1. The normalized spacial score (nSPS) is 11.8. The summed E-state index contributed by atoms with van der Waals surface area (Å²) in [5.74, 6) is 1.73. The van der Waals surface area contributed by atoms with Crippen LogP contribution in [0, 0.1) is 37.7 Å². The first-order valence-corrected chi connectivity index (χ1v) is 13.2. The van der Waals surface area contributed by atoms with Crippen LogP contribution in [0.15, 0.2) is 53.9 Å². The molecule has 0 amide bonds. The number of benzene rings is 2. The van der Waals surface area contributed by atoms with Gasteiger partial charge in [0.1, 0.15) is 0 Å². The zero-order valence-corrected chi connectivity index (χ0v) is 26.4. The minimum Gasteiger partial charge on any atom is -0.512 e. The van der Waals surface area contributed by atoms with Crippen LogP contribution >= 0.6 is 0 Å². The van der Waals surface area contributed by atoms with E-state index in [0.717, 1.165) is 23.2 Å². The van der Waals surface area contributed by atoms with E-state index in [1.54, 1.807) is 6.92 Å². The number of aromatic nitrogens is 1. The molecule has 0 fully saturated rings. The van der Waals surface area contributed by atoms with Gasteiger partial charge in [0, 0.05) is 44.7 Å². The van der Waals surface area contributed by atoms with E-state index in [4.69, 9.17) is 0 Å². The van der Waals surface area contributed by atoms with Crippen molar-refractivity contribution in [2.24, 2.45) is 17.8 Å². The molecule has 1 radical (unpaired) electrons. The molecule has 4 heteroatoms. The van der Waals surface area contributed by atoms with Crippen LogP contribution in [0.3, 0.4) is 0 Å². The second kappa shape index (κ2) is 15.2. The van der Waals surface area contributed by atoms with Gasteiger partial charge in [0.05, 0.1) is 5.76 Å². The maximum absolute atomic E-state index is 11.6. The molecule has 0 aliphatic heterocycles. The first-order valence-electron chi connectivity index (χ1n) is 13.2. The molecule has 0 aliphatic carbocycles. The average Bonchev–Trinajstić information content (AvgIpc) is 2.76. The van der Waals surface area contributed by atoms with E-state index in [1.165, 1.54) is 21.9 Å². The molecular weight excluding hydrogens is 635 g/mol. The Hall–Kier alpha value is -2.29. The van der Waals surface area contributed by atoms with Crippen LogP contribution in [-0.2, 0) is 31.3 Å². The zero-order valence-electron chi connectivity index (χ0n) is 24.0. The van der Waals surface area contributed by atoms with E-state index < -0.39 is 0 Å². The van der Waals surface area contributed by atoms with Gasteiger partial charge in [-0.15, -0.1) is 34.9 Å². The van der Waals surface area contributed by atoms with Gasteiger partial charge in [0.2, 0.25) is 0 Å². The quantitative estimate of drug-likeness (QED) is 0.147. The van der Waals surface area contributed by atoms with E-state index in [9.17, 15) is 9.90 Å². The Kier molecular flexibility index (Phi) is 13.4. The number of hydrogen-bond acceptors (Lipinski definition) is 3. The number of Topliss-reactive ketones (excluding diaryl/α,β-unsaturated/α-hetero) is 1. The van der Waals surface area contributed by atoms with Crippen LogP contribution in [0.1, 0.15) is 78.0 Å². The van der Waals surface area contributed by atoms with Gasteiger partial charge in [-0.1, -0.05) is 73.6 Å². The Bertz CT molecular complexity index is 1190. The van der Waals surface area contributed by atoms with Crippen molar-refractivity contribution in [1.82, 2.24) is 4.98 Å². The van der Waals surface area contributed by atoms with Gasteiger partial charge >= 0.3 is 0 Å². The van der Waals surface area contributed by atoms with Crippen LogP contribution in [0.5, 0.6) is 0 Å². The van der Waals surface area contributed by atoms with Gasteiger partial charge < -0.3 is 10.1 Å². The summed E-state index contributed by atoms with van der Waals surface area (Å²) in [6.45, 7) is 18.5. The predicted molar refractivity (Wildman–Crippen MR) is 153 cm³/mol. The van der Waals surface area contributed by atoms with Gasteiger partial charge in [-0.3, -0.25) is 4.79 Å². The molecule has 203 valence electrons. The van der Waals surface area contributed by atoms with Gasteiger partial charge in [-0.25, -0.2) is 0 Å². The number of carbonyl (C=O) groups excluding carboxylic acids is 1. The van der Waals surface area contributed by atoms with Crippen LogP contribution in [0.4, 0.5) is 0 Å². The van der Waals surface area contributed by atoms with Gasteiger partial charge in [-0.2, -0.15) is 0 Å². The molecule has 1 aromatic heterocycles. The van der Waals surface area contributed by atoms with E-state index in [1.807, 2.05) is 33.9 Å². The van der Waals surface area contributed by atoms with E-state index in [2.05, 4.69) is 75.1 Å². The summed E-state index contributed by atoms with van der Waals surface area (Å²) < 4.78 is 0. The number of hydrogen-bond donors (Lipinski definition) is 1. The van der Waals surface area contributed by atoms with Crippen molar-refractivity contribution in [3.05, 3.63) is 76.7 Å². The van der Waals surface area contributed by atoms with Gasteiger partial charge in [-0.05, 0) is 59.2 Å². The van der Waals surface area contributed by atoms with Crippen molar-refractivity contribution < 1.29 is 30.0 Å². The average molecular weight is 679 g/mol. The molecule has 0 aliphatic rings. The van der Waals surface area contributed by atoms with Crippen LogP contribution in [-0.4, -0.2) is 15.9 Å². The smallest absolute Gasteiger partial charge is 0.162 e. The van der Waals surface area contributed by atoms with Crippen LogP contribution < -0.4 is 0 Å². The third kappa shape index (κ3) is 10.5. The number of allylic oxidation sites excluding steroid dienone is 2. The number of rotatable bonds is 8. The molecule has 3 aromatic rings. The number of aryl methyl sites for hydroxylation is 2. The monoisotopic (exact) mass is 679 g/mol. The topological polar surface area (TPSA) is 50.2 Å². The molecule has 0 atom stereocenters. The molecular formula is C33H44IrNO2-. The molecule has 1 heterocycles. The molecule has 3 nitrogen and oxygen atoms in total.